The average Bonchev–Trinajstić information content (AvgIpc) is 3.45. The summed E-state index contributed by atoms with van der Waals surface area (Å²) in [5.74, 6) is 0.0220. The average molecular weight is 335 g/mol. The fraction of sp³-hybridized carbons (Fsp3) is 0.300. The van der Waals surface area contributed by atoms with E-state index in [-0.39, 0.29) is 11.9 Å². The number of nitrogens with one attached hydrogen (secondary N) is 2. The monoisotopic (exact) mass is 335 g/mol. The van der Waals surface area contributed by atoms with Crippen molar-refractivity contribution in [3.05, 3.63) is 59.7 Å². The number of aryl methyl sites for hydroxylation is 1. The topological polar surface area (TPSA) is 61.4 Å². The van der Waals surface area contributed by atoms with Gasteiger partial charge in [-0.15, -0.1) is 0 Å². The molecule has 5 heteroatoms. The standard InChI is InChI=1S/C20H21N3O2/c24-19(14-5-2-1-3-6-14)23-12-4-7-15-13-17(10-11-18(15)23)22-20(25)21-16-8-9-16/h1-3,5-6,10-11,13,16H,4,7-9,12H2,(H2,21,22,25). The van der Waals surface area contributed by atoms with E-state index in [1.54, 1.807) is 0 Å². The Balaban J connectivity index is 1.53. The Morgan fingerprint density at radius 1 is 1.04 bits per heavy atom. The van der Waals surface area contributed by atoms with Crippen molar-refractivity contribution in [3.63, 3.8) is 0 Å². The van der Waals surface area contributed by atoms with Crippen LogP contribution in [0.3, 0.4) is 0 Å². The molecule has 2 aliphatic rings. The molecule has 1 aliphatic heterocycles. The van der Waals surface area contributed by atoms with E-state index in [0.717, 1.165) is 49.2 Å². The molecule has 0 aromatic heterocycles. The van der Waals surface area contributed by atoms with Crippen LogP contribution in [-0.2, 0) is 6.42 Å². The number of anilines is 2. The maximum atomic E-state index is 12.8. The minimum atomic E-state index is -0.157. The zero-order valence-electron chi connectivity index (χ0n) is 14.0. The second-order valence-electron chi connectivity index (χ2n) is 6.64. The molecule has 1 saturated carbocycles. The summed E-state index contributed by atoms with van der Waals surface area (Å²) in [6, 6.07) is 15.3. The molecule has 2 aromatic carbocycles. The summed E-state index contributed by atoms with van der Waals surface area (Å²) in [4.78, 5) is 26.5. The fourth-order valence-electron chi connectivity index (χ4n) is 3.20. The molecule has 2 aromatic rings. The predicted molar refractivity (Wildman–Crippen MR) is 98.1 cm³/mol. The third kappa shape index (κ3) is 3.50. The van der Waals surface area contributed by atoms with Gasteiger partial charge in [-0.3, -0.25) is 4.79 Å². The quantitative estimate of drug-likeness (QED) is 0.901. The molecule has 0 saturated heterocycles. The number of rotatable bonds is 3. The minimum absolute atomic E-state index is 0.0220. The summed E-state index contributed by atoms with van der Waals surface area (Å²) in [6.45, 7) is 0.718. The third-order valence-corrected chi connectivity index (χ3v) is 4.63. The van der Waals surface area contributed by atoms with Gasteiger partial charge in [0.05, 0.1) is 0 Å². The van der Waals surface area contributed by atoms with Crippen molar-refractivity contribution in [2.24, 2.45) is 0 Å². The lowest BCUT2D eigenvalue weighted by Gasteiger charge is -2.30. The van der Waals surface area contributed by atoms with Crippen molar-refractivity contribution in [2.75, 3.05) is 16.8 Å². The fourth-order valence-corrected chi connectivity index (χ4v) is 3.20. The zero-order chi connectivity index (χ0) is 17.2. The van der Waals surface area contributed by atoms with Crippen LogP contribution in [0.4, 0.5) is 16.2 Å². The number of benzene rings is 2. The predicted octanol–water partition coefficient (Wildman–Crippen LogP) is 3.56. The van der Waals surface area contributed by atoms with Crippen LogP contribution in [0.15, 0.2) is 48.5 Å². The number of hydrogen-bond acceptors (Lipinski definition) is 2. The van der Waals surface area contributed by atoms with E-state index in [1.165, 1.54) is 0 Å². The van der Waals surface area contributed by atoms with E-state index < -0.39 is 0 Å². The van der Waals surface area contributed by atoms with Gasteiger partial charge in [-0.1, -0.05) is 18.2 Å². The van der Waals surface area contributed by atoms with Gasteiger partial charge in [-0.25, -0.2) is 4.79 Å². The Morgan fingerprint density at radius 3 is 2.60 bits per heavy atom. The van der Waals surface area contributed by atoms with Gasteiger partial charge in [-0.2, -0.15) is 0 Å². The van der Waals surface area contributed by atoms with Gasteiger partial charge >= 0.3 is 6.03 Å². The van der Waals surface area contributed by atoms with Crippen LogP contribution in [-0.4, -0.2) is 24.5 Å². The highest BCUT2D eigenvalue weighted by Crippen LogP contribution is 2.31. The van der Waals surface area contributed by atoms with E-state index in [9.17, 15) is 9.59 Å². The molecule has 0 unspecified atom stereocenters. The molecule has 5 nitrogen and oxygen atoms in total. The second-order valence-corrected chi connectivity index (χ2v) is 6.64. The van der Waals surface area contributed by atoms with E-state index in [2.05, 4.69) is 10.6 Å². The number of hydrogen-bond donors (Lipinski definition) is 2. The molecule has 0 atom stereocenters. The summed E-state index contributed by atoms with van der Waals surface area (Å²) in [5, 5.41) is 5.80. The van der Waals surface area contributed by atoms with Gasteiger partial charge in [0, 0.05) is 29.5 Å². The molecule has 1 aliphatic carbocycles. The third-order valence-electron chi connectivity index (χ3n) is 4.63. The molecule has 25 heavy (non-hydrogen) atoms. The smallest absolute Gasteiger partial charge is 0.319 e. The summed E-state index contributed by atoms with van der Waals surface area (Å²) < 4.78 is 0. The van der Waals surface area contributed by atoms with Gasteiger partial charge in [-0.05, 0) is 61.6 Å². The van der Waals surface area contributed by atoms with Crippen LogP contribution < -0.4 is 15.5 Å². The normalized spacial score (nSPS) is 16.1. The number of nitrogens with zero attached hydrogens (tertiary/aromatic N) is 1. The highest BCUT2D eigenvalue weighted by Gasteiger charge is 2.25. The first-order valence-corrected chi connectivity index (χ1v) is 8.78. The molecule has 0 bridgehead atoms. The molecular weight excluding hydrogens is 314 g/mol. The van der Waals surface area contributed by atoms with Crippen LogP contribution in [0.5, 0.6) is 0 Å². The van der Waals surface area contributed by atoms with E-state index in [0.29, 0.717) is 11.6 Å². The number of carbonyl (C=O) groups is 2. The number of carbonyl (C=O) groups excluding carboxylic acids is 2. The molecule has 1 heterocycles. The maximum absolute atomic E-state index is 12.8. The van der Waals surface area contributed by atoms with Gasteiger partial charge < -0.3 is 15.5 Å². The van der Waals surface area contributed by atoms with Gasteiger partial charge in [0.2, 0.25) is 0 Å². The first-order chi connectivity index (χ1) is 12.2. The Kier molecular flexibility index (Phi) is 4.14. The lowest BCUT2D eigenvalue weighted by molar-refractivity contribution is 0.0985. The van der Waals surface area contributed by atoms with Crippen LogP contribution in [0.2, 0.25) is 0 Å². The van der Waals surface area contributed by atoms with Crippen molar-refractivity contribution >= 4 is 23.3 Å². The van der Waals surface area contributed by atoms with E-state index >= 15 is 0 Å². The first kappa shape index (κ1) is 15.7. The van der Waals surface area contributed by atoms with Crippen molar-refractivity contribution in [1.29, 1.82) is 0 Å². The highest BCUT2D eigenvalue weighted by molar-refractivity contribution is 6.07. The Labute approximate surface area is 147 Å². The highest BCUT2D eigenvalue weighted by atomic mass is 16.2. The summed E-state index contributed by atoms with van der Waals surface area (Å²) in [7, 11) is 0. The second kappa shape index (κ2) is 6.59. The molecule has 0 spiro atoms. The van der Waals surface area contributed by atoms with Crippen molar-refractivity contribution in [2.45, 2.75) is 31.7 Å². The lowest BCUT2D eigenvalue weighted by Crippen LogP contribution is -2.35. The molecule has 1 fully saturated rings. The maximum Gasteiger partial charge on any atom is 0.319 e. The van der Waals surface area contributed by atoms with Crippen LogP contribution >= 0.6 is 0 Å². The van der Waals surface area contributed by atoms with Crippen molar-refractivity contribution in [1.82, 2.24) is 5.32 Å². The molecule has 3 amide bonds. The summed E-state index contributed by atoms with van der Waals surface area (Å²) in [5.41, 5.74) is 3.50. The number of fused-ring (bicyclic) bond motifs is 1. The van der Waals surface area contributed by atoms with E-state index in [1.807, 2.05) is 53.4 Å². The summed E-state index contributed by atoms with van der Waals surface area (Å²) in [6.07, 6.45) is 3.96. The Morgan fingerprint density at radius 2 is 1.84 bits per heavy atom. The zero-order valence-corrected chi connectivity index (χ0v) is 14.0. The molecule has 128 valence electrons. The lowest BCUT2D eigenvalue weighted by atomic mass is 10.00. The summed E-state index contributed by atoms with van der Waals surface area (Å²) >= 11 is 0. The molecule has 4 rings (SSSR count). The molecule has 0 radical (unpaired) electrons. The Bertz CT molecular complexity index is 800. The largest absolute Gasteiger partial charge is 0.335 e. The van der Waals surface area contributed by atoms with Gasteiger partial charge in [0.25, 0.3) is 5.91 Å². The molecular formula is C20H21N3O2. The van der Waals surface area contributed by atoms with Crippen molar-refractivity contribution < 1.29 is 9.59 Å². The van der Waals surface area contributed by atoms with Gasteiger partial charge in [0.15, 0.2) is 0 Å². The SMILES string of the molecule is O=C(Nc1ccc2c(c1)CCCN2C(=O)c1ccccc1)NC1CC1. The van der Waals surface area contributed by atoms with Crippen LogP contribution in [0, 0.1) is 0 Å². The van der Waals surface area contributed by atoms with Gasteiger partial charge in [0.1, 0.15) is 0 Å². The Hall–Kier alpha value is -2.82. The first-order valence-electron chi connectivity index (χ1n) is 8.78. The minimum Gasteiger partial charge on any atom is -0.335 e. The van der Waals surface area contributed by atoms with Crippen molar-refractivity contribution in [3.8, 4) is 0 Å². The van der Waals surface area contributed by atoms with Crippen LogP contribution in [0.1, 0.15) is 35.2 Å². The number of amides is 3. The molecule has 2 N–H and O–H groups in total. The number of urea groups is 1. The van der Waals surface area contributed by atoms with Crippen LogP contribution in [0.25, 0.3) is 0 Å². The van der Waals surface area contributed by atoms with E-state index in [4.69, 9.17) is 0 Å².